The minimum atomic E-state index is -4.72. The van der Waals surface area contributed by atoms with Crippen LogP contribution in [0.15, 0.2) is 36.4 Å². The molecule has 0 radical (unpaired) electrons. The van der Waals surface area contributed by atoms with Gasteiger partial charge < -0.3 is 30.7 Å². The number of carbonyl (C=O) groups is 3. The predicted molar refractivity (Wildman–Crippen MR) is 189 cm³/mol. The number of anilines is 2. The molecule has 14 heteroatoms. The van der Waals surface area contributed by atoms with Gasteiger partial charge in [0.2, 0.25) is 11.8 Å². The van der Waals surface area contributed by atoms with Crippen molar-refractivity contribution in [3.63, 3.8) is 0 Å². The highest BCUT2D eigenvalue weighted by Crippen LogP contribution is 2.39. The lowest BCUT2D eigenvalue weighted by molar-refractivity contribution is -0.143. The second kappa shape index (κ2) is 14.8. The SMILES string of the molecule is Nc1c(Cl)cc(C[C@@H](CC(=O)N2CCC(N3CCc4ccccc4NC3=O)CC2)C(=O)N2CCN(C3CN4CCC3CC4)CC2)cc1C(F)(F)F. The summed E-state index contributed by atoms with van der Waals surface area (Å²) in [5.41, 5.74) is 6.22. The minimum absolute atomic E-state index is 0.0361. The largest absolute Gasteiger partial charge is 0.418 e. The number of nitrogen functional groups attached to an aromatic ring is 1. The van der Waals surface area contributed by atoms with Gasteiger partial charge in [-0.05, 0) is 86.9 Å². The van der Waals surface area contributed by atoms with Crippen molar-refractivity contribution in [3.05, 3.63) is 58.1 Å². The second-order valence-corrected chi connectivity index (χ2v) is 15.3. The summed E-state index contributed by atoms with van der Waals surface area (Å²) < 4.78 is 41.6. The molecule has 10 nitrogen and oxygen atoms in total. The maximum absolute atomic E-state index is 14.2. The van der Waals surface area contributed by atoms with Crippen molar-refractivity contribution in [3.8, 4) is 0 Å². The van der Waals surface area contributed by atoms with E-state index in [0.29, 0.717) is 57.5 Å². The number of piperidine rings is 4. The molecule has 3 N–H and O–H groups in total. The quantitative estimate of drug-likeness (QED) is 0.397. The Hall–Kier alpha value is -3.55. The van der Waals surface area contributed by atoms with Crippen LogP contribution in [0.1, 0.15) is 48.8 Å². The Morgan fingerprint density at radius 2 is 1.63 bits per heavy atom. The number of hydrogen-bond acceptors (Lipinski definition) is 6. The van der Waals surface area contributed by atoms with Gasteiger partial charge >= 0.3 is 12.2 Å². The zero-order chi connectivity index (χ0) is 35.9. The number of hydrogen-bond donors (Lipinski definition) is 2. The number of nitrogens with one attached hydrogen (secondary N) is 1. The number of alkyl halides is 3. The molecule has 2 atom stereocenters. The lowest BCUT2D eigenvalue weighted by Crippen LogP contribution is -2.61. The van der Waals surface area contributed by atoms with Crippen LogP contribution in [0.4, 0.5) is 29.3 Å². The van der Waals surface area contributed by atoms with Crippen LogP contribution < -0.4 is 11.1 Å². The van der Waals surface area contributed by atoms with E-state index in [1.807, 2.05) is 29.2 Å². The van der Waals surface area contributed by atoms with Gasteiger partial charge in [-0.3, -0.25) is 14.5 Å². The van der Waals surface area contributed by atoms with Crippen molar-refractivity contribution in [2.24, 2.45) is 11.8 Å². The molecule has 2 bridgehead atoms. The third-order valence-corrected chi connectivity index (χ3v) is 12.2. The molecule has 6 heterocycles. The number of para-hydroxylation sites is 1. The molecule has 0 aromatic heterocycles. The van der Waals surface area contributed by atoms with Crippen LogP contribution in [-0.2, 0) is 28.6 Å². The molecule has 4 amide bonds. The summed E-state index contributed by atoms with van der Waals surface area (Å²) in [5.74, 6) is -0.638. The standard InChI is InChI=1S/C37H47ClF3N7O3/c38-30-21-24(20-29(34(30)42)37(39,40)41)19-27(35(50)47-17-15-45(16-18-47)32-23-44-10-5-26(32)6-11-44)22-33(49)46-12-8-28(9-13-46)48-14-7-25-3-1-2-4-31(25)43-36(48)51/h1-4,20-21,26-28,32H,5-19,22-23,42H2,(H,43,51)/t27-,32?/m0/s1. The number of fused-ring (bicyclic) bond motifs is 4. The first-order valence-corrected chi connectivity index (χ1v) is 18.7. The number of likely N-dealkylation sites (tertiary alicyclic amines) is 1. The molecule has 8 rings (SSSR count). The minimum Gasteiger partial charge on any atom is -0.397 e. The summed E-state index contributed by atoms with van der Waals surface area (Å²) in [7, 11) is 0. The molecule has 1 unspecified atom stereocenters. The van der Waals surface area contributed by atoms with E-state index < -0.39 is 23.3 Å². The van der Waals surface area contributed by atoms with Gasteiger partial charge in [-0.1, -0.05) is 29.8 Å². The first-order chi connectivity index (χ1) is 24.4. The lowest BCUT2D eigenvalue weighted by atomic mass is 9.83. The summed E-state index contributed by atoms with van der Waals surface area (Å²) in [6.45, 7) is 7.27. The first-order valence-electron chi connectivity index (χ1n) is 18.3. The molecule has 0 aliphatic carbocycles. The Morgan fingerprint density at radius 3 is 2.29 bits per heavy atom. The van der Waals surface area contributed by atoms with E-state index in [-0.39, 0.29) is 47.3 Å². The third kappa shape index (κ3) is 7.80. The van der Waals surface area contributed by atoms with Crippen LogP contribution in [0.2, 0.25) is 5.02 Å². The molecule has 51 heavy (non-hydrogen) atoms. The summed E-state index contributed by atoms with van der Waals surface area (Å²) in [5, 5.41) is 2.79. The van der Waals surface area contributed by atoms with Crippen molar-refractivity contribution in [1.82, 2.24) is 24.5 Å². The maximum atomic E-state index is 14.2. The fourth-order valence-corrected chi connectivity index (χ4v) is 9.18. The molecule has 2 aromatic rings. The molecular formula is C37H47ClF3N7O3. The molecule has 5 fully saturated rings. The van der Waals surface area contributed by atoms with Crippen molar-refractivity contribution in [2.75, 3.05) is 76.5 Å². The van der Waals surface area contributed by atoms with Gasteiger partial charge in [0.1, 0.15) is 0 Å². The van der Waals surface area contributed by atoms with Crippen LogP contribution in [0.25, 0.3) is 0 Å². The number of benzene rings is 2. The molecule has 6 aliphatic heterocycles. The predicted octanol–water partition coefficient (Wildman–Crippen LogP) is 4.81. The molecule has 276 valence electrons. The Labute approximate surface area is 302 Å². The van der Waals surface area contributed by atoms with Gasteiger partial charge in [0, 0.05) is 76.5 Å². The number of urea groups is 1. The molecule has 0 spiro atoms. The monoisotopic (exact) mass is 729 g/mol. The fraction of sp³-hybridized carbons (Fsp3) is 0.595. The Kier molecular flexibility index (Phi) is 10.4. The number of piperazine rings is 1. The number of halogens is 4. The Bertz CT molecular complexity index is 1620. The average Bonchev–Trinajstić information content (AvgIpc) is 3.30. The number of nitrogens with two attached hydrogens (primary N) is 1. The van der Waals surface area contributed by atoms with Crippen LogP contribution in [-0.4, -0.2) is 120 Å². The van der Waals surface area contributed by atoms with Crippen molar-refractivity contribution in [1.29, 1.82) is 0 Å². The topological polar surface area (TPSA) is 105 Å². The number of nitrogens with zero attached hydrogens (tertiary/aromatic N) is 5. The molecule has 2 aromatic carbocycles. The molecular weight excluding hydrogens is 683 g/mol. The lowest BCUT2D eigenvalue weighted by Gasteiger charge is -2.51. The Balaban J connectivity index is 1.02. The fourth-order valence-electron chi connectivity index (χ4n) is 8.94. The second-order valence-electron chi connectivity index (χ2n) is 14.9. The summed E-state index contributed by atoms with van der Waals surface area (Å²) in [6, 6.07) is 10.4. The highest BCUT2D eigenvalue weighted by atomic mass is 35.5. The van der Waals surface area contributed by atoms with E-state index in [2.05, 4.69) is 15.1 Å². The van der Waals surface area contributed by atoms with Crippen LogP contribution in [0, 0.1) is 11.8 Å². The van der Waals surface area contributed by atoms with Crippen LogP contribution in [0.5, 0.6) is 0 Å². The van der Waals surface area contributed by atoms with E-state index in [1.165, 1.54) is 18.9 Å². The van der Waals surface area contributed by atoms with Crippen molar-refractivity contribution >= 4 is 40.8 Å². The molecule has 5 saturated heterocycles. The van der Waals surface area contributed by atoms with Crippen LogP contribution >= 0.6 is 11.6 Å². The van der Waals surface area contributed by atoms with E-state index >= 15 is 0 Å². The van der Waals surface area contributed by atoms with Gasteiger partial charge in [-0.25, -0.2) is 4.79 Å². The van der Waals surface area contributed by atoms with Crippen molar-refractivity contribution < 1.29 is 27.6 Å². The van der Waals surface area contributed by atoms with Crippen molar-refractivity contribution in [2.45, 2.75) is 63.2 Å². The Morgan fingerprint density at radius 1 is 0.922 bits per heavy atom. The van der Waals surface area contributed by atoms with E-state index in [9.17, 15) is 27.6 Å². The number of carbonyl (C=O) groups excluding carboxylic acids is 3. The van der Waals surface area contributed by atoms with Gasteiger partial charge in [-0.15, -0.1) is 0 Å². The summed E-state index contributed by atoms with van der Waals surface area (Å²) in [4.78, 5) is 51.5. The number of rotatable bonds is 7. The maximum Gasteiger partial charge on any atom is 0.418 e. The molecule has 6 aliphatic rings. The summed E-state index contributed by atoms with van der Waals surface area (Å²) >= 11 is 6.17. The summed E-state index contributed by atoms with van der Waals surface area (Å²) in [6.07, 6.45) is -0.594. The van der Waals surface area contributed by atoms with E-state index in [0.717, 1.165) is 56.5 Å². The van der Waals surface area contributed by atoms with Gasteiger partial charge in [-0.2, -0.15) is 13.2 Å². The average molecular weight is 730 g/mol. The highest BCUT2D eigenvalue weighted by molar-refractivity contribution is 6.33. The van der Waals surface area contributed by atoms with Gasteiger partial charge in [0.25, 0.3) is 0 Å². The van der Waals surface area contributed by atoms with E-state index in [1.54, 1.807) is 9.80 Å². The van der Waals surface area contributed by atoms with Gasteiger partial charge in [0.15, 0.2) is 0 Å². The molecule has 0 saturated carbocycles. The van der Waals surface area contributed by atoms with E-state index in [4.69, 9.17) is 17.3 Å². The van der Waals surface area contributed by atoms with Crippen LogP contribution in [0.3, 0.4) is 0 Å². The highest BCUT2D eigenvalue weighted by Gasteiger charge is 2.40. The number of amides is 4. The smallest absolute Gasteiger partial charge is 0.397 e. The van der Waals surface area contributed by atoms with Gasteiger partial charge in [0.05, 0.1) is 22.2 Å². The third-order valence-electron chi connectivity index (χ3n) is 11.9. The zero-order valence-corrected chi connectivity index (χ0v) is 29.6. The first kappa shape index (κ1) is 35.8. The normalized spacial score (nSPS) is 25.3. The zero-order valence-electron chi connectivity index (χ0n) is 28.8.